The van der Waals surface area contributed by atoms with Crippen LogP contribution in [0.3, 0.4) is 0 Å². The zero-order valence-corrected chi connectivity index (χ0v) is 24.9. The molecule has 2 saturated carbocycles. The molecule has 11 nitrogen and oxygen atoms in total. The molecule has 0 radical (unpaired) electrons. The van der Waals surface area contributed by atoms with Gasteiger partial charge in [-0.3, -0.25) is 5.32 Å². The first kappa shape index (κ1) is 28.7. The van der Waals surface area contributed by atoms with Gasteiger partial charge in [-0.25, -0.2) is 9.78 Å². The molecule has 226 valence electrons. The first-order valence-electron chi connectivity index (χ1n) is 15.8. The monoisotopic (exact) mass is 575 g/mol. The van der Waals surface area contributed by atoms with Crippen molar-refractivity contribution in [3.8, 4) is 0 Å². The molecule has 0 spiro atoms. The number of carbonyl (C=O) groups excluding carboxylic acids is 1. The lowest BCUT2D eigenvalue weighted by Crippen LogP contribution is -2.41. The predicted molar refractivity (Wildman–Crippen MR) is 166 cm³/mol. The van der Waals surface area contributed by atoms with E-state index in [2.05, 4.69) is 34.4 Å². The number of nitrogens with two attached hydrogens (primary N) is 1. The average Bonchev–Trinajstić information content (AvgIpc) is 3.66. The van der Waals surface area contributed by atoms with Crippen LogP contribution in [0.2, 0.25) is 0 Å². The van der Waals surface area contributed by atoms with Gasteiger partial charge in [-0.2, -0.15) is 9.97 Å². The highest BCUT2D eigenvalue weighted by molar-refractivity contribution is 5.85. The van der Waals surface area contributed by atoms with Gasteiger partial charge in [0.1, 0.15) is 0 Å². The molecule has 42 heavy (non-hydrogen) atoms. The number of nitrogens with one attached hydrogen (secondary N) is 3. The second-order valence-corrected chi connectivity index (χ2v) is 12.5. The number of fused-ring (bicyclic) bond motifs is 1. The van der Waals surface area contributed by atoms with Crippen LogP contribution in [0.1, 0.15) is 95.6 Å². The fourth-order valence-corrected chi connectivity index (χ4v) is 6.47. The SMILES string of the molecule is CC(C)c1ccc(NC(=O)ON2CCC(Nc3nc(N[C@H]4CC[C@H](N)CC4)nc4c3ncn4C3CCCC3)CC2)cc1. The van der Waals surface area contributed by atoms with E-state index < -0.39 is 6.09 Å². The lowest BCUT2D eigenvalue weighted by molar-refractivity contribution is -0.106. The van der Waals surface area contributed by atoms with Crippen LogP contribution in [0.25, 0.3) is 11.2 Å². The summed E-state index contributed by atoms with van der Waals surface area (Å²) >= 11 is 0. The van der Waals surface area contributed by atoms with Crippen molar-refractivity contribution in [2.45, 2.75) is 108 Å². The van der Waals surface area contributed by atoms with Gasteiger partial charge >= 0.3 is 6.09 Å². The molecular weight excluding hydrogens is 530 g/mol. The lowest BCUT2D eigenvalue weighted by Gasteiger charge is -2.31. The average molecular weight is 576 g/mol. The van der Waals surface area contributed by atoms with E-state index >= 15 is 0 Å². The number of hydrogen-bond donors (Lipinski definition) is 4. The molecule has 3 fully saturated rings. The molecule has 0 unspecified atom stereocenters. The number of hydroxylamine groups is 2. The molecule has 3 heterocycles. The lowest BCUT2D eigenvalue weighted by atomic mass is 9.92. The van der Waals surface area contributed by atoms with Crippen LogP contribution in [0, 0.1) is 0 Å². The molecule has 1 saturated heterocycles. The van der Waals surface area contributed by atoms with Crippen LogP contribution in [0.15, 0.2) is 30.6 Å². The Labute approximate surface area is 248 Å². The Morgan fingerprint density at radius 2 is 1.62 bits per heavy atom. The van der Waals surface area contributed by atoms with Crippen molar-refractivity contribution in [2.24, 2.45) is 5.73 Å². The van der Waals surface area contributed by atoms with Gasteiger partial charge in [0.2, 0.25) is 5.95 Å². The van der Waals surface area contributed by atoms with Gasteiger partial charge in [-0.1, -0.05) is 38.8 Å². The van der Waals surface area contributed by atoms with Gasteiger partial charge in [0.05, 0.1) is 6.33 Å². The summed E-state index contributed by atoms with van der Waals surface area (Å²) in [6, 6.07) is 9.14. The molecule has 2 aliphatic carbocycles. The molecule has 3 aliphatic rings. The van der Waals surface area contributed by atoms with E-state index in [1.165, 1.54) is 18.4 Å². The van der Waals surface area contributed by atoms with Gasteiger partial charge in [0.25, 0.3) is 0 Å². The van der Waals surface area contributed by atoms with Crippen molar-refractivity contribution in [3.05, 3.63) is 36.2 Å². The minimum absolute atomic E-state index is 0.187. The fraction of sp³-hybridized carbons (Fsp3) is 0.613. The van der Waals surface area contributed by atoms with Crippen molar-refractivity contribution in [1.29, 1.82) is 0 Å². The third-order valence-electron chi connectivity index (χ3n) is 9.08. The smallest absolute Gasteiger partial charge is 0.365 e. The summed E-state index contributed by atoms with van der Waals surface area (Å²) in [5, 5.41) is 11.8. The molecule has 11 heteroatoms. The van der Waals surface area contributed by atoms with Crippen molar-refractivity contribution in [3.63, 3.8) is 0 Å². The van der Waals surface area contributed by atoms with E-state index in [-0.39, 0.29) is 6.04 Å². The molecule has 1 aliphatic heterocycles. The largest absolute Gasteiger partial charge is 0.430 e. The number of carbonyl (C=O) groups is 1. The molecular formula is C31H45N9O2. The van der Waals surface area contributed by atoms with E-state index in [9.17, 15) is 4.79 Å². The van der Waals surface area contributed by atoms with Gasteiger partial charge < -0.3 is 25.8 Å². The van der Waals surface area contributed by atoms with Crippen LogP contribution >= 0.6 is 0 Å². The molecule has 6 rings (SSSR count). The van der Waals surface area contributed by atoms with Gasteiger partial charge in [-0.15, -0.1) is 5.06 Å². The summed E-state index contributed by atoms with van der Waals surface area (Å²) in [4.78, 5) is 32.8. The zero-order valence-electron chi connectivity index (χ0n) is 24.9. The predicted octanol–water partition coefficient (Wildman–Crippen LogP) is 5.79. The van der Waals surface area contributed by atoms with E-state index in [1.807, 2.05) is 30.6 Å². The number of nitrogens with zero attached hydrogens (tertiary/aromatic N) is 5. The molecule has 5 N–H and O–H groups in total. The highest BCUT2D eigenvalue weighted by Crippen LogP contribution is 2.34. The van der Waals surface area contributed by atoms with Crippen LogP contribution in [-0.4, -0.2) is 61.9 Å². The number of hydrogen-bond acceptors (Lipinski definition) is 9. The quantitative estimate of drug-likeness (QED) is 0.263. The standard InChI is InChI=1S/C31H45N9O2/c1-20(2)21-7-11-24(12-8-21)36-31(41)42-39-17-15-25(16-18-39)34-28-27-29(40(19-33-27)26-5-3-4-6-26)38-30(37-28)35-23-13-9-22(32)10-14-23/h7-8,11-12,19-20,22-23,25-26H,3-6,9-10,13-18,32H2,1-2H3,(H,36,41)(H2,34,35,37,38)/t22-,23-. The second kappa shape index (κ2) is 12.8. The number of aromatic nitrogens is 4. The normalized spacial score (nSPS) is 22.5. The summed E-state index contributed by atoms with van der Waals surface area (Å²) < 4.78 is 2.25. The van der Waals surface area contributed by atoms with Gasteiger partial charge in [0.15, 0.2) is 17.0 Å². The maximum Gasteiger partial charge on any atom is 0.430 e. The number of imidazole rings is 1. The maximum atomic E-state index is 12.5. The molecule has 2 aromatic heterocycles. The number of rotatable bonds is 8. The third-order valence-corrected chi connectivity index (χ3v) is 9.08. The van der Waals surface area contributed by atoms with E-state index in [4.69, 9.17) is 25.5 Å². The number of benzene rings is 1. The summed E-state index contributed by atoms with van der Waals surface area (Å²) in [7, 11) is 0. The first-order valence-corrected chi connectivity index (χ1v) is 15.8. The summed E-state index contributed by atoms with van der Waals surface area (Å²) in [6.45, 7) is 5.57. The Bertz CT molecular complexity index is 1340. The van der Waals surface area contributed by atoms with Crippen LogP contribution < -0.4 is 21.7 Å². The van der Waals surface area contributed by atoms with Crippen LogP contribution in [0.4, 0.5) is 22.2 Å². The topological polar surface area (TPSA) is 135 Å². The first-order chi connectivity index (χ1) is 20.4. The molecule has 1 aromatic carbocycles. The molecule has 3 aromatic rings. The van der Waals surface area contributed by atoms with E-state index in [0.29, 0.717) is 43.1 Å². The maximum absolute atomic E-state index is 12.5. The molecule has 1 amide bonds. The highest BCUT2D eigenvalue weighted by Gasteiger charge is 2.27. The van der Waals surface area contributed by atoms with Gasteiger partial charge in [0, 0.05) is 42.9 Å². The van der Waals surface area contributed by atoms with Crippen molar-refractivity contribution >= 4 is 34.7 Å². The summed E-state index contributed by atoms with van der Waals surface area (Å²) in [5.74, 6) is 1.87. The molecule has 0 atom stereocenters. The third kappa shape index (κ3) is 6.78. The Balaban J connectivity index is 1.09. The molecule has 0 bridgehead atoms. The van der Waals surface area contributed by atoms with Crippen molar-refractivity contribution in [2.75, 3.05) is 29.0 Å². The Morgan fingerprint density at radius 3 is 2.31 bits per heavy atom. The van der Waals surface area contributed by atoms with Crippen molar-refractivity contribution in [1.82, 2.24) is 24.6 Å². The minimum atomic E-state index is -0.465. The Hall–Kier alpha value is -3.44. The summed E-state index contributed by atoms with van der Waals surface area (Å²) in [5.41, 5.74) is 9.81. The minimum Gasteiger partial charge on any atom is -0.365 e. The Morgan fingerprint density at radius 1 is 0.929 bits per heavy atom. The van der Waals surface area contributed by atoms with Crippen LogP contribution in [0.5, 0.6) is 0 Å². The number of piperidine rings is 1. The summed E-state index contributed by atoms with van der Waals surface area (Å²) in [6.07, 6.45) is 12.0. The number of amides is 1. The van der Waals surface area contributed by atoms with E-state index in [0.717, 1.165) is 74.0 Å². The van der Waals surface area contributed by atoms with Gasteiger partial charge in [-0.05, 0) is 75.0 Å². The number of anilines is 3. The van der Waals surface area contributed by atoms with Crippen LogP contribution in [-0.2, 0) is 4.84 Å². The Kier molecular flexibility index (Phi) is 8.76. The fourth-order valence-electron chi connectivity index (χ4n) is 6.47. The zero-order chi connectivity index (χ0) is 29.1. The second-order valence-electron chi connectivity index (χ2n) is 12.5. The van der Waals surface area contributed by atoms with Crippen molar-refractivity contribution < 1.29 is 9.63 Å². The highest BCUT2D eigenvalue weighted by atomic mass is 16.7. The van der Waals surface area contributed by atoms with E-state index in [1.54, 1.807) is 5.06 Å².